The first-order chi connectivity index (χ1) is 14.8. The molecule has 8 nitrogen and oxygen atoms in total. The Morgan fingerprint density at radius 1 is 1.23 bits per heavy atom. The molecule has 0 bridgehead atoms. The van der Waals surface area contributed by atoms with Crippen molar-refractivity contribution in [1.82, 2.24) is 9.62 Å². The number of sulfonamides is 1. The number of benzene rings is 1. The fraction of sp³-hybridized carbons (Fsp3) is 0.364. The van der Waals surface area contributed by atoms with Crippen LogP contribution in [0.2, 0.25) is 0 Å². The van der Waals surface area contributed by atoms with E-state index >= 15 is 0 Å². The summed E-state index contributed by atoms with van der Waals surface area (Å²) in [6.07, 6.45) is 11.1. The summed E-state index contributed by atoms with van der Waals surface area (Å²) in [5.41, 5.74) is 7.80. The van der Waals surface area contributed by atoms with Crippen molar-refractivity contribution in [2.24, 2.45) is 5.73 Å². The highest BCUT2D eigenvalue weighted by molar-refractivity contribution is 7.94. The van der Waals surface area contributed by atoms with Crippen molar-refractivity contribution in [1.29, 1.82) is 0 Å². The van der Waals surface area contributed by atoms with Crippen LogP contribution in [0.3, 0.4) is 0 Å². The van der Waals surface area contributed by atoms with Crippen LogP contribution in [0.4, 0.5) is 15.3 Å². The average molecular weight is 447 g/mol. The van der Waals surface area contributed by atoms with Gasteiger partial charge in [0, 0.05) is 24.9 Å². The van der Waals surface area contributed by atoms with Gasteiger partial charge < -0.3 is 16.0 Å². The minimum Gasteiger partial charge on any atom is -0.351 e. The number of allylic oxidation sites excluding steroid dienone is 3. The van der Waals surface area contributed by atoms with Crippen molar-refractivity contribution in [2.45, 2.75) is 40.0 Å². The number of rotatable bonds is 5. The Bertz CT molecular complexity index is 991. The van der Waals surface area contributed by atoms with Crippen LogP contribution in [0, 0.1) is 12.3 Å². The number of fused-ring (bicyclic) bond motifs is 1. The molecule has 1 aromatic rings. The number of urea groups is 2. The highest BCUT2D eigenvalue weighted by Gasteiger charge is 2.20. The molecule has 31 heavy (non-hydrogen) atoms. The van der Waals surface area contributed by atoms with Crippen LogP contribution in [0.15, 0.2) is 41.3 Å². The van der Waals surface area contributed by atoms with Gasteiger partial charge in [-0.05, 0) is 48.6 Å². The Hall–Kier alpha value is -3.25. The summed E-state index contributed by atoms with van der Waals surface area (Å²) in [4.78, 5) is 25.0. The largest absolute Gasteiger partial charge is 0.351 e. The summed E-state index contributed by atoms with van der Waals surface area (Å²) >= 11 is 0. The Kier molecular flexibility index (Phi) is 10.4. The molecule has 168 valence electrons. The lowest BCUT2D eigenvalue weighted by molar-refractivity contribution is 0.210. The van der Waals surface area contributed by atoms with Crippen LogP contribution in [0.25, 0.3) is 0 Å². The van der Waals surface area contributed by atoms with E-state index < -0.39 is 22.1 Å². The number of hydrogen-bond acceptors (Lipinski definition) is 4. The molecule has 0 fully saturated rings. The van der Waals surface area contributed by atoms with Crippen LogP contribution in [0.1, 0.15) is 38.3 Å². The number of carbonyl (C=O) groups excluding carboxylic acids is 2. The molecule has 1 heterocycles. The predicted molar refractivity (Wildman–Crippen MR) is 124 cm³/mol. The maximum Gasteiger partial charge on any atom is 0.333 e. The highest BCUT2D eigenvalue weighted by Crippen LogP contribution is 2.20. The lowest BCUT2D eigenvalue weighted by Gasteiger charge is -2.16. The normalized spacial score (nSPS) is 13.9. The van der Waals surface area contributed by atoms with E-state index in [2.05, 4.69) is 11.2 Å². The third kappa shape index (κ3) is 7.83. The average Bonchev–Trinajstić information content (AvgIpc) is 2.94. The number of terminal acetylenes is 1. The minimum atomic E-state index is -4.10. The molecular weight excluding hydrogens is 416 g/mol. The van der Waals surface area contributed by atoms with Crippen LogP contribution in [-0.4, -0.2) is 38.5 Å². The van der Waals surface area contributed by atoms with Gasteiger partial charge in [-0.15, -0.1) is 6.42 Å². The Morgan fingerprint density at radius 3 is 2.45 bits per heavy atom. The van der Waals surface area contributed by atoms with Gasteiger partial charge in [0.15, 0.2) is 0 Å². The summed E-state index contributed by atoms with van der Waals surface area (Å²) in [7, 11) is -4.10. The molecule has 2 rings (SSSR count). The van der Waals surface area contributed by atoms with E-state index in [4.69, 9.17) is 12.2 Å². The molecule has 1 aliphatic rings. The van der Waals surface area contributed by atoms with Crippen molar-refractivity contribution in [3.8, 4) is 12.3 Å². The van der Waals surface area contributed by atoms with Gasteiger partial charge in [0.1, 0.15) is 0 Å². The lowest BCUT2D eigenvalue weighted by atomic mass is 10.0. The number of primary amides is 1. The molecule has 0 unspecified atom stereocenters. The Balaban J connectivity index is 0.00000233. The number of nitrogens with two attached hydrogens (primary N) is 1. The molecule has 4 amide bonds. The first-order valence-corrected chi connectivity index (χ1v) is 11.6. The van der Waals surface area contributed by atoms with Crippen LogP contribution in [0.5, 0.6) is 0 Å². The monoisotopic (exact) mass is 446 g/mol. The number of carbonyl (C=O) groups is 2. The maximum absolute atomic E-state index is 12.4. The van der Waals surface area contributed by atoms with E-state index in [1.807, 2.05) is 31.6 Å². The summed E-state index contributed by atoms with van der Waals surface area (Å²) in [5, 5.41) is 2.52. The molecule has 1 aromatic carbocycles. The zero-order chi connectivity index (χ0) is 23.4. The van der Waals surface area contributed by atoms with E-state index in [0.29, 0.717) is 38.0 Å². The van der Waals surface area contributed by atoms with Crippen LogP contribution >= 0.6 is 0 Å². The van der Waals surface area contributed by atoms with Gasteiger partial charge in [0.05, 0.1) is 4.91 Å². The smallest absolute Gasteiger partial charge is 0.333 e. The number of anilines is 1. The SMILES string of the molecule is C#C/C=C(\C=C/CC)S(=O)(=O)NC(=O)Nc1ccc2c(c1)CCN(C(N)=O)CC2.CC. The fourth-order valence-electron chi connectivity index (χ4n) is 2.89. The van der Waals surface area contributed by atoms with Crippen LogP contribution < -0.4 is 15.8 Å². The Labute approximate surface area is 184 Å². The zero-order valence-electron chi connectivity index (χ0n) is 18.1. The molecule has 0 saturated carbocycles. The number of hydrogen-bond donors (Lipinski definition) is 3. The quantitative estimate of drug-likeness (QED) is 0.475. The molecule has 0 aliphatic carbocycles. The standard InChI is InChI=1S/C20H24N4O4S.C2H6/c1-3-5-7-18(6-4-2)29(27,28)23-20(26)22-17-9-8-15-10-12-24(19(21)25)13-11-16(15)14-17;1-2/h2,5-9,14H,3,10-13H2,1H3,(H2,21,25)(H2,22,23,26);1-2H3/b7-5-,18-6+;. The third-order valence-corrected chi connectivity index (χ3v) is 5.69. The Morgan fingerprint density at radius 2 is 1.87 bits per heavy atom. The molecule has 4 N–H and O–H groups in total. The van der Waals surface area contributed by atoms with E-state index in [9.17, 15) is 18.0 Å². The van der Waals surface area contributed by atoms with Crippen molar-refractivity contribution in [3.63, 3.8) is 0 Å². The first-order valence-electron chi connectivity index (χ1n) is 10.1. The van der Waals surface area contributed by atoms with E-state index in [0.717, 1.165) is 17.2 Å². The number of nitrogens with one attached hydrogen (secondary N) is 2. The first kappa shape index (κ1) is 25.8. The fourth-order valence-corrected chi connectivity index (χ4v) is 3.80. The minimum absolute atomic E-state index is 0.175. The van der Waals surface area contributed by atoms with Gasteiger partial charge in [-0.2, -0.15) is 0 Å². The molecular formula is C22H30N4O4S. The third-order valence-electron chi connectivity index (χ3n) is 4.36. The van der Waals surface area contributed by atoms with E-state index in [1.165, 1.54) is 6.08 Å². The van der Waals surface area contributed by atoms with Gasteiger partial charge in [-0.1, -0.05) is 38.8 Å². The summed E-state index contributed by atoms with van der Waals surface area (Å²) in [6.45, 7) is 6.86. The molecule has 9 heteroatoms. The summed E-state index contributed by atoms with van der Waals surface area (Å²) in [5.74, 6) is 2.16. The van der Waals surface area contributed by atoms with E-state index in [1.54, 1.807) is 23.1 Å². The zero-order valence-corrected chi connectivity index (χ0v) is 19.0. The van der Waals surface area contributed by atoms with Gasteiger partial charge in [0.2, 0.25) is 0 Å². The molecule has 0 saturated heterocycles. The van der Waals surface area contributed by atoms with Gasteiger partial charge >= 0.3 is 12.1 Å². The second-order valence-electron chi connectivity index (χ2n) is 6.39. The molecule has 1 aliphatic heterocycles. The summed E-state index contributed by atoms with van der Waals surface area (Å²) < 4.78 is 26.7. The van der Waals surface area contributed by atoms with Crippen LogP contribution in [-0.2, 0) is 22.9 Å². The van der Waals surface area contributed by atoms with Crippen molar-refractivity contribution in [2.75, 3.05) is 18.4 Å². The second kappa shape index (κ2) is 12.4. The van der Waals surface area contributed by atoms with Gasteiger partial charge in [-0.3, -0.25) is 0 Å². The molecule has 0 spiro atoms. The van der Waals surface area contributed by atoms with E-state index in [-0.39, 0.29) is 4.91 Å². The molecule has 0 radical (unpaired) electrons. The van der Waals surface area contributed by atoms with Crippen molar-refractivity contribution in [3.05, 3.63) is 52.5 Å². The lowest BCUT2D eigenvalue weighted by Crippen LogP contribution is -2.37. The van der Waals surface area contributed by atoms with Crippen molar-refractivity contribution < 1.29 is 18.0 Å². The molecule has 0 aromatic heterocycles. The number of amides is 4. The number of nitrogens with zero attached hydrogens (tertiary/aromatic N) is 1. The van der Waals surface area contributed by atoms with Gasteiger partial charge in [-0.25, -0.2) is 22.7 Å². The summed E-state index contributed by atoms with van der Waals surface area (Å²) in [6, 6.07) is 3.93. The maximum atomic E-state index is 12.4. The second-order valence-corrected chi connectivity index (χ2v) is 8.07. The van der Waals surface area contributed by atoms with Gasteiger partial charge in [0.25, 0.3) is 10.0 Å². The topological polar surface area (TPSA) is 122 Å². The molecule has 0 atom stereocenters. The highest BCUT2D eigenvalue weighted by atomic mass is 32.2. The predicted octanol–water partition coefficient (Wildman–Crippen LogP) is 3.13. The van der Waals surface area contributed by atoms with Crippen molar-refractivity contribution >= 4 is 27.8 Å².